The Balaban J connectivity index is 2.25. The number of carbonyl (C=O) groups excluding carboxylic acids is 1. The fraction of sp³-hybridized carbons (Fsp3) is 0.133. The molecule has 6 heteroatoms. The highest BCUT2D eigenvalue weighted by molar-refractivity contribution is 7.92. The van der Waals surface area contributed by atoms with Crippen LogP contribution in [0, 0.1) is 6.92 Å². The van der Waals surface area contributed by atoms with Gasteiger partial charge in [-0.3, -0.25) is 9.52 Å². The van der Waals surface area contributed by atoms with Gasteiger partial charge in [-0.15, -0.1) is 0 Å². The third-order valence-corrected chi connectivity index (χ3v) is 3.59. The number of carbonyl (C=O) groups is 1. The van der Waals surface area contributed by atoms with Crippen molar-refractivity contribution in [3.8, 4) is 0 Å². The lowest BCUT2D eigenvalue weighted by Crippen LogP contribution is -2.09. The van der Waals surface area contributed by atoms with Crippen LogP contribution in [0.25, 0.3) is 0 Å². The van der Waals surface area contributed by atoms with Crippen LogP contribution in [-0.2, 0) is 10.0 Å². The average Bonchev–Trinajstić information content (AvgIpc) is 2.40. The summed E-state index contributed by atoms with van der Waals surface area (Å²) in [5.41, 5.74) is 8.66. The summed E-state index contributed by atoms with van der Waals surface area (Å²) in [6.07, 6.45) is 1.07. The molecule has 0 aliphatic heterocycles. The van der Waals surface area contributed by atoms with E-state index in [0.717, 1.165) is 11.8 Å². The highest BCUT2D eigenvalue weighted by Gasteiger charge is 2.10. The molecular weight excluding hydrogens is 288 g/mol. The fourth-order valence-corrected chi connectivity index (χ4v) is 2.45. The number of anilines is 2. The zero-order chi connectivity index (χ0) is 15.6. The average molecular weight is 304 g/mol. The van der Waals surface area contributed by atoms with E-state index >= 15 is 0 Å². The Morgan fingerprint density at radius 2 is 1.62 bits per heavy atom. The molecule has 0 aromatic heterocycles. The molecule has 0 spiro atoms. The van der Waals surface area contributed by atoms with E-state index in [1.54, 1.807) is 42.5 Å². The van der Waals surface area contributed by atoms with E-state index in [1.807, 2.05) is 6.92 Å². The van der Waals surface area contributed by atoms with Gasteiger partial charge >= 0.3 is 0 Å². The highest BCUT2D eigenvalue weighted by Crippen LogP contribution is 2.18. The molecule has 0 amide bonds. The van der Waals surface area contributed by atoms with E-state index in [-0.39, 0.29) is 5.78 Å². The van der Waals surface area contributed by atoms with E-state index in [2.05, 4.69) is 4.72 Å². The number of aryl methyl sites for hydroxylation is 1. The van der Waals surface area contributed by atoms with Crippen molar-refractivity contribution < 1.29 is 13.2 Å². The molecule has 0 aliphatic rings. The normalized spacial score (nSPS) is 11.1. The maximum Gasteiger partial charge on any atom is 0.229 e. The van der Waals surface area contributed by atoms with Crippen LogP contribution in [0.4, 0.5) is 11.4 Å². The molecule has 0 heterocycles. The minimum absolute atomic E-state index is 0.135. The molecule has 110 valence electrons. The standard InChI is InChI=1S/C15H16N2O3S/c1-10-9-12(5-8-14(10)16)15(18)11-3-6-13(7-4-11)17-21(2,19)20/h3-9,17H,16H2,1-2H3. The van der Waals surface area contributed by atoms with Gasteiger partial charge in [0.2, 0.25) is 10.0 Å². The first-order valence-electron chi connectivity index (χ1n) is 6.25. The molecule has 3 N–H and O–H groups in total. The number of hydrogen-bond acceptors (Lipinski definition) is 4. The van der Waals surface area contributed by atoms with Crippen LogP contribution >= 0.6 is 0 Å². The minimum Gasteiger partial charge on any atom is -0.399 e. The number of nitrogens with one attached hydrogen (secondary N) is 1. The van der Waals surface area contributed by atoms with Crippen LogP contribution in [0.15, 0.2) is 42.5 Å². The van der Waals surface area contributed by atoms with E-state index in [4.69, 9.17) is 5.73 Å². The van der Waals surface area contributed by atoms with E-state index < -0.39 is 10.0 Å². The largest absolute Gasteiger partial charge is 0.399 e. The van der Waals surface area contributed by atoms with Gasteiger partial charge in [0, 0.05) is 22.5 Å². The summed E-state index contributed by atoms with van der Waals surface area (Å²) in [6.45, 7) is 1.84. The topological polar surface area (TPSA) is 89.3 Å². The van der Waals surface area contributed by atoms with E-state index in [1.165, 1.54) is 0 Å². The Bertz CT molecular complexity index is 781. The Morgan fingerprint density at radius 3 is 2.14 bits per heavy atom. The van der Waals surface area contributed by atoms with Crippen LogP contribution in [0.2, 0.25) is 0 Å². The summed E-state index contributed by atoms with van der Waals surface area (Å²) < 4.78 is 24.6. The molecule has 0 atom stereocenters. The van der Waals surface area contributed by atoms with Crippen molar-refractivity contribution in [1.29, 1.82) is 0 Å². The molecule has 0 aliphatic carbocycles. The van der Waals surface area contributed by atoms with Crippen LogP contribution in [0.3, 0.4) is 0 Å². The van der Waals surface area contributed by atoms with Gasteiger partial charge in [-0.2, -0.15) is 0 Å². The first kappa shape index (κ1) is 15.1. The lowest BCUT2D eigenvalue weighted by atomic mass is 10.0. The van der Waals surface area contributed by atoms with Gasteiger partial charge in [0.15, 0.2) is 5.78 Å². The number of benzene rings is 2. The van der Waals surface area contributed by atoms with Crippen molar-refractivity contribution in [1.82, 2.24) is 0 Å². The molecule has 0 saturated heterocycles. The SMILES string of the molecule is Cc1cc(C(=O)c2ccc(NS(C)(=O)=O)cc2)ccc1N. The number of nitrogens with two attached hydrogens (primary N) is 1. The third-order valence-electron chi connectivity index (χ3n) is 2.98. The lowest BCUT2D eigenvalue weighted by molar-refractivity contribution is 0.103. The number of hydrogen-bond donors (Lipinski definition) is 2. The van der Waals surface area contributed by atoms with E-state index in [0.29, 0.717) is 22.5 Å². The third kappa shape index (κ3) is 3.82. The van der Waals surface area contributed by atoms with Gasteiger partial charge in [-0.25, -0.2) is 8.42 Å². The van der Waals surface area contributed by atoms with Crippen LogP contribution in [-0.4, -0.2) is 20.5 Å². The summed E-state index contributed by atoms with van der Waals surface area (Å²) in [7, 11) is -3.32. The quantitative estimate of drug-likeness (QED) is 0.669. The first-order chi connectivity index (χ1) is 9.76. The molecule has 0 saturated carbocycles. The van der Waals surface area contributed by atoms with Crippen LogP contribution in [0.5, 0.6) is 0 Å². The smallest absolute Gasteiger partial charge is 0.229 e. The number of ketones is 1. The molecular formula is C15H16N2O3S. The second kappa shape index (κ2) is 5.57. The van der Waals surface area contributed by atoms with Gasteiger partial charge in [0.25, 0.3) is 0 Å². The summed E-state index contributed by atoms with van der Waals surface area (Å²) in [5.74, 6) is -0.135. The van der Waals surface area contributed by atoms with Crippen molar-refractivity contribution in [2.75, 3.05) is 16.7 Å². The van der Waals surface area contributed by atoms with Gasteiger partial charge in [0.05, 0.1) is 6.26 Å². The van der Waals surface area contributed by atoms with Gasteiger partial charge in [0.1, 0.15) is 0 Å². The Morgan fingerprint density at radius 1 is 1.05 bits per heavy atom. The molecule has 2 rings (SSSR count). The monoisotopic (exact) mass is 304 g/mol. The summed E-state index contributed by atoms with van der Waals surface area (Å²) in [6, 6.07) is 11.4. The summed E-state index contributed by atoms with van der Waals surface area (Å²) >= 11 is 0. The maximum atomic E-state index is 12.3. The molecule has 0 fully saturated rings. The zero-order valence-corrected chi connectivity index (χ0v) is 12.6. The Labute approximate surface area is 123 Å². The predicted octanol–water partition coefficient (Wildman–Crippen LogP) is 2.18. The van der Waals surface area contributed by atoms with Crippen molar-refractivity contribution in [3.63, 3.8) is 0 Å². The molecule has 21 heavy (non-hydrogen) atoms. The Kier molecular flexibility index (Phi) is 3.99. The minimum atomic E-state index is -3.32. The molecule has 2 aromatic carbocycles. The number of rotatable bonds is 4. The Hall–Kier alpha value is -2.34. The van der Waals surface area contributed by atoms with Crippen molar-refractivity contribution in [2.45, 2.75) is 6.92 Å². The predicted molar refractivity (Wildman–Crippen MR) is 83.9 cm³/mol. The van der Waals surface area contributed by atoms with Crippen molar-refractivity contribution in [3.05, 3.63) is 59.2 Å². The number of nitrogen functional groups attached to an aromatic ring is 1. The zero-order valence-electron chi connectivity index (χ0n) is 11.8. The van der Waals surface area contributed by atoms with Gasteiger partial charge < -0.3 is 5.73 Å². The molecule has 0 radical (unpaired) electrons. The lowest BCUT2D eigenvalue weighted by Gasteiger charge is -2.07. The van der Waals surface area contributed by atoms with E-state index in [9.17, 15) is 13.2 Å². The second-order valence-corrected chi connectivity index (χ2v) is 6.60. The summed E-state index contributed by atoms with van der Waals surface area (Å²) in [4.78, 5) is 12.3. The molecule has 0 bridgehead atoms. The first-order valence-corrected chi connectivity index (χ1v) is 8.14. The molecule has 5 nitrogen and oxygen atoms in total. The fourth-order valence-electron chi connectivity index (χ4n) is 1.89. The molecule has 2 aromatic rings. The highest BCUT2D eigenvalue weighted by atomic mass is 32.2. The second-order valence-electron chi connectivity index (χ2n) is 4.85. The molecule has 0 unspecified atom stereocenters. The van der Waals surface area contributed by atoms with Crippen LogP contribution in [0.1, 0.15) is 21.5 Å². The van der Waals surface area contributed by atoms with Crippen molar-refractivity contribution >= 4 is 27.2 Å². The van der Waals surface area contributed by atoms with Gasteiger partial charge in [-0.05, 0) is 55.0 Å². The summed E-state index contributed by atoms with van der Waals surface area (Å²) in [5, 5.41) is 0. The number of sulfonamides is 1. The van der Waals surface area contributed by atoms with Crippen molar-refractivity contribution in [2.24, 2.45) is 0 Å². The maximum absolute atomic E-state index is 12.3. The van der Waals surface area contributed by atoms with Crippen LogP contribution < -0.4 is 10.5 Å². The van der Waals surface area contributed by atoms with Gasteiger partial charge in [-0.1, -0.05) is 0 Å².